The lowest BCUT2D eigenvalue weighted by molar-refractivity contribution is 0.568. The molecule has 2 aliphatic rings. The SMILES string of the molecule is CC(C)(C)c1cc(-c2nc(-c3cc(C(C)(C)C)cc(C(C)(C)C)c3)nc(-c3cc4c5c(c3)N(c3cc(-c6ccccc6)cc(-c6ccccc6)c3)c3c(cc6c7cccc8cccc(c9cccc3c96)c87)B5c3cc5c6cccc7cccc(c8cccc(c3N4c3cc(-c4ccccc4)cc(-c4ccccc4)c3)c85)c76)n2)cc(C(C)(C)C)c1. The summed E-state index contributed by atoms with van der Waals surface area (Å²) in [6, 6.07) is 125. The minimum atomic E-state index is -0.374. The number of fused-ring (bicyclic) bond motifs is 10. The fraction of sp³-hybridized carbons (Fsp3) is 0.142. The molecule has 570 valence electrons. The first-order chi connectivity index (χ1) is 57.5. The second-order valence-electron chi connectivity index (χ2n) is 37.5. The van der Waals surface area contributed by atoms with Crippen LogP contribution >= 0.6 is 0 Å². The molecule has 0 spiro atoms. The molecule has 6 heteroatoms. The molecule has 1 aromatic heterocycles. The molecular formula is C113H90BN5. The van der Waals surface area contributed by atoms with Crippen LogP contribution < -0.4 is 26.2 Å². The lowest BCUT2D eigenvalue weighted by atomic mass is 9.33. The Balaban J connectivity index is 0.961. The summed E-state index contributed by atoms with van der Waals surface area (Å²) in [6.45, 7) is 27.4. The fourth-order valence-electron chi connectivity index (χ4n) is 19.7. The Bertz CT molecular complexity index is 6940. The Morgan fingerprint density at radius 1 is 0.218 bits per heavy atom. The van der Waals surface area contributed by atoms with Crippen LogP contribution in [0.25, 0.3) is 165 Å². The second-order valence-corrected chi connectivity index (χ2v) is 37.5. The number of nitrogens with zero attached hydrogens (tertiary/aromatic N) is 5. The van der Waals surface area contributed by atoms with Crippen molar-refractivity contribution in [1.82, 2.24) is 15.0 Å². The first-order valence-corrected chi connectivity index (χ1v) is 42.1. The van der Waals surface area contributed by atoms with Crippen LogP contribution in [-0.2, 0) is 21.7 Å². The molecular weight excluding hydrogens is 1440 g/mol. The van der Waals surface area contributed by atoms with Crippen molar-refractivity contribution in [3.05, 3.63) is 350 Å². The lowest BCUT2D eigenvalue weighted by Crippen LogP contribution is -2.61. The van der Waals surface area contributed by atoms with Crippen LogP contribution in [-0.4, -0.2) is 21.7 Å². The Morgan fingerprint density at radius 3 is 0.790 bits per heavy atom. The van der Waals surface area contributed by atoms with Crippen molar-refractivity contribution in [2.45, 2.75) is 105 Å². The van der Waals surface area contributed by atoms with E-state index >= 15 is 0 Å². The number of anilines is 6. The first-order valence-electron chi connectivity index (χ1n) is 42.1. The van der Waals surface area contributed by atoms with Gasteiger partial charge in [-0.2, -0.15) is 0 Å². The smallest absolute Gasteiger partial charge is 0.252 e. The van der Waals surface area contributed by atoms with E-state index in [1.165, 1.54) is 125 Å². The van der Waals surface area contributed by atoms with Crippen LogP contribution in [0.3, 0.4) is 0 Å². The molecule has 0 saturated carbocycles. The van der Waals surface area contributed by atoms with Crippen molar-refractivity contribution in [3.8, 4) is 78.7 Å². The number of benzene rings is 19. The molecule has 0 fully saturated rings. The zero-order valence-corrected chi connectivity index (χ0v) is 69.5. The Labute approximate surface area is 696 Å². The number of hydrogen-bond acceptors (Lipinski definition) is 5. The third-order valence-electron chi connectivity index (χ3n) is 25.8. The maximum absolute atomic E-state index is 6.05. The number of hydrogen-bond donors (Lipinski definition) is 0. The predicted octanol–water partition coefficient (Wildman–Crippen LogP) is 28.9. The van der Waals surface area contributed by atoms with Gasteiger partial charge in [0.05, 0.1) is 0 Å². The Kier molecular flexibility index (Phi) is 16.0. The van der Waals surface area contributed by atoms with Crippen LogP contribution in [0.4, 0.5) is 34.1 Å². The normalized spacial score (nSPS) is 13.2. The van der Waals surface area contributed by atoms with Crippen LogP contribution in [0, 0.1) is 0 Å². The first kappa shape index (κ1) is 72.0. The molecule has 0 saturated heterocycles. The van der Waals surface area contributed by atoms with E-state index in [0.29, 0.717) is 17.5 Å². The molecule has 0 N–H and O–H groups in total. The summed E-state index contributed by atoms with van der Waals surface area (Å²) in [4.78, 5) is 23.3. The molecule has 19 aromatic carbocycles. The average molecular weight is 1530 g/mol. The van der Waals surface area contributed by atoms with Crippen LogP contribution in [0.5, 0.6) is 0 Å². The summed E-state index contributed by atoms with van der Waals surface area (Å²) in [6.07, 6.45) is 0. The van der Waals surface area contributed by atoms with Gasteiger partial charge in [0.25, 0.3) is 6.71 Å². The Morgan fingerprint density at radius 2 is 0.487 bits per heavy atom. The van der Waals surface area contributed by atoms with Gasteiger partial charge in [-0.25, -0.2) is 15.0 Å². The van der Waals surface area contributed by atoms with E-state index in [0.717, 1.165) is 95.3 Å². The van der Waals surface area contributed by atoms with Gasteiger partial charge >= 0.3 is 0 Å². The molecule has 0 amide bonds. The molecule has 3 heterocycles. The molecule has 0 radical (unpaired) electrons. The van der Waals surface area contributed by atoms with Gasteiger partial charge in [-0.1, -0.05) is 338 Å². The monoisotopic (exact) mass is 1530 g/mol. The molecule has 22 rings (SSSR count). The number of rotatable bonds is 9. The van der Waals surface area contributed by atoms with Crippen molar-refractivity contribution in [2.75, 3.05) is 9.80 Å². The van der Waals surface area contributed by atoms with Gasteiger partial charge in [0.15, 0.2) is 17.5 Å². The predicted molar refractivity (Wildman–Crippen MR) is 509 cm³/mol. The topological polar surface area (TPSA) is 45.2 Å². The van der Waals surface area contributed by atoms with Gasteiger partial charge in [0.2, 0.25) is 0 Å². The van der Waals surface area contributed by atoms with Crippen LogP contribution in [0.1, 0.15) is 105 Å². The molecule has 0 unspecified atom stereocenters. The zero-order valence-electron chi connectivity index (χ0n) is 69.5. The summed E-state index contributed by atoms with van der Waals surface area (Å²) >= 11 is 0. The molecule has 0 bridgehead atoms. The van der Waals surface area contributed by atoms with Gasteiger partial charge in [0, 0.05) is 61.6 Å². The summed E-state index contributed by atoms with van der Waals surface area (Å²) in [5.74, 6) is 1.81. The average Bonchev–Trinajstić information content (AvgIpc) is 0.671. The van der Waals surface area contributed by atoms with Gasteiger partial charge in [-0.3, -0.25) is 0 Å². The zero-order chi connectivity index (χ0) is 80.9. The van der Waals surface area contributed by atoms with E-state index in [1.54, 1.807) is 0 Å². The third kappa shape index (κ3) is 11.7. The third-order valence-corrected chi connectivity index (χ3v) is 25.8. The standard InChI is InChI=1S/C113H90BN5/c1-110(2,3)80-53-77(54-81(63-80)111(4,5)6)107-115-108(78-55-82(112(7,8)9)64-83(56-78)113(10,11)12)117-109(116-107)79-61-98-104-99(62-79)119(85-59-75(69-35-21-15-22-36-69)52-76(60-85)70-37-23-16-24-38-70)106-93-50-30-48-89-87-44-26-40-72-42-28-46-91(101(72)87)95(103(89)93)66-97(106)114(104)96-65-94-90-45-27-41-71-39-25-43-86(100(71)90)88-47-29-49-92(102(88)94)105(96)118(98)84-57-73(67-31-17-13-18-32-67)51-74(58-84)68-33-19-14-20-34-68/h13-66H,1-12H3. The minimum Gasteiger partial charge on any atom is -0.311 e. The van der Waals surface area contributed by atoms with Gasteiger partial charge < -0.3 is 9.80 Å². The van der Waals surface area contributed by atoms with Gasteiger partial charge in [-0.05, 0) is 253 Å². The highest BCUT2D eigenvalue weighted by atomic mass is 15.2. The lowest BCUT2D eigenvalue weighted by Gasteiger charge is -2.45. The molecule has 20 aromatic rings. The van der Waals surface area contributed by atoms with E-state index in [4.69, 9.17) is 15.0 Å². The molecule has 2 aliphatic heterocycles. The molecule has 0 atom stereocenters. The van der Waals surface area contributed by atoms with Crippen molar-refractivity contribution in [1.29, 1.82) is 0 Å². The largest absolute Gasteiger partial charge is 0.311 e. The summed E-state index contributed by atoms with van der Waals surface area (Å²) in [7, 11) is 0. The highest BCUT2D eigenvalue weighted by Crippen LogP contribution is 2.55. The Hall–Kier alpha value is -13.5. The van der Waals surface area contributed by atoms with E-state index in [9.17, 15) is 0 Å². The molecule has 5 nitrogen and oxygen atoms in total. The second kappa shape index (κ2) is 26.5. The summed E-state index contributed by atoms with van der Waals surface area (Å²) in [5, 5.41) is 19.7. The summed E-state index contributed by atoms with van der Waals surface area (Å²) < 4.78 is 0. The van der Waals surface area contributed by atoms with E-state index in [2.05, 4.69) is 420 Å². The maximum Gasteiger partial charge on any atom is 0.252 e. The fourth-order valence-corrected chi connectivity index (χ4v) is 19.7. The highest BCUT2D eigenvalue weighted by molar-refractivity contribution is 7.01. The highest BCUT2D eigenvalue weighted by Gasteiger charge is 2.47. The van der Waals surface area contributed by atoms with Crippen molar-refractivity contribution in [2.24, 2.45) is 0 Å². The summed E-state index contributed by atoms with van der Waals surface area (Å²) in [5.41, 5.74) is 25.8. The van der Waals surface area contributed by atoms with Crippen molar-refractivity contribution >= 4 is 143 Å². The van der Waals surface area contributed by atoms with E-state index in [-0.39, 0.29) is 28.4 Å². The van der Waals surface area contributed by atoms with Crippen LogP contribution in [0.15, 0.2) is 328 Å². The van der Waals surface area contributed by atoms with Crippen molar-refractivity contribution in [3.63, 3.8) is 0 Å². The van der Waals surface area contributed by atoms with Crippen LogP contribution in [0.2, 0.25) is 0 Å². The quantitative estimate of drug-likeness (QED) is 0.0819. The van der Waals surface area contributed by atoms with Gasteiger partial charge in [-0.15, -0.1) is 0 Å². The molecule has 0 aliphatic carbocycles. The van der Waals surface area contributed by atoms with E-state index < -0.39 is 0 Å². The van der Waals surface area contributed by atoms with Crippen molar-refractivity contribution < 1.29 is 0 Å². The minimum absolute atomic E-state index is 0.201. The maximum atomic E-state index is 6.05. The number of aromatic nitrogens is 3. The molecule has 119 heavy (non-hydrogen) atoms. The van der Waals surface area contributed by atoms with Gasteiger partial charge in [0.1, 0.15) is 0 Å². The van der Waals surface area contributed by atoms with E-state index in [1.807, 2.05) is 0 Å².